The highest BCUT2D eigenvalue weighted by molar-refractivity contribution is 6.21. The molecule has 0 aliphatic carbocycles. The molecule has 8 aromatic carbocycles. The fourth-order valence-corrected chi connectivity index (χ4v) is 12.4. The molecule has 0 fully saturated rings. The normalized spacial score (nSPS) is 12.0. The number of benzene rings is 8. The molecule has 2 aliphatic heterocycles. The summed E-state index contributed by atoms with van der Waals surface area (Å²) >= 11 is 0. The second-order valence-electron chi connectivity index (χ2n) is 22.3. The van der Waals surface area contributed by atoms with Crippen LogP contribution in [0.1, 0.15) is 116 Å². The van der Waals surface area contributed by atoms with E-state index in [2.05, 4.69) is 162 Å². The first-order valence-electron chi connectivity index (χ1n) is 30.5. The molecule has 5 heterocycles. The van der Waals surface area contributed by atoms with Gasteiger partial charge in [-0.1, -0.05) is 164 Å². The number of unbranched alkanes of at least 4 members (excludes halogenated alkanes) is 5. The van der Waals surface area contributed by atoms with Crippen molar-refractivity contribution in [2.45, 2.75) is 120 Å². The molecule has 426 valence electrons. The van der Waals surface area contributed by atoms with Gasteiger partial charge >= 0.3 is 0 Å². The fourth-order valence-electron chi connectivity index (χ4n) is 12.4. The van der Waals surface area contributed by atoms with Crippen LogP contribution in [0.2, 0.25) is 0 Å². The van der Waals surface area contributed by atoms with Crippen LogP contribution in [0.4, 0.5) is 0 Å². The maximum atomic E-state index is 7.06. The van der Waals surface area contributed by atoms with Gasteiger partial charge in [0.2, 0.25) is 0 Å². The third kappa shape index (κ3) is 9.14. The Morgan fingerprint density at radius 1 is 0.286 bits per heavy atom. The molecule has 8 bridgehead atoms. The van der Waals surface area contributed by atoms with E-state index in [-0.39, 0.29) is 0 Å². The molecule has 0 atom stereocenters. The van der Waals surface area contributed by atoms with E-state index in [1.54, 1.807) is 0 Å². The summed E-state index contributed by atoms with van der Waals surface area (Å²) in [6, 6.07) is 33.7. The zero-order chi connectivity index (χ0) is 57.6. The minimum atomic E-state index is 0.406. The lowest BCUT2D eigenvalue weighted by Gasteiger charge is -2.18. The Labute approximate surface area is 489 Å². The fraction of sp³-hybridized carbons (Fsp3) is 0.324. The molecule has 2 N–H and O–H groups in total. The predicted octanol–water partition coefficient (Wildman–Crippen LogP) is 18.3. The van der Waals surface area contributed by atoms with Crippen molar-refractivity contribution in [1.29, 1.82) is 0 Å². The van der Waals surface area contributed by atoms with E-state index in [4.69, 9.17) is 53.6 Å². The summed E-state index contributed by atoms with van der Waals surface area (Å²) in [5, 5.41) is 11.2. The lowest BCUT2D eigenvalue weighted by Crippen LogP contribution is -2.04. The van der Waals surface area contributed by atoms with Crippen LogP contribution in [0.15, 0.2) is 97.1 Å². The molecule has 13 nitrogen and oxygen atoms in total. The molecule has 2 aliphatic rings. The second kappa shape index (κ2) is 23.1. The second-order valence-corrected chi connectivity index (χ2v) is 22.3. The van der Waals surface area contributed by atoms with Crippen molar-refractivity contribution in [3.8, 4) is 74.3 Å². The highest BCUT2D eigenvalue weighted by atomic mass is 16.5. The molecule has 3 aromatic heterocycles. The summed E-state index contributed by atoms with van der Waals surface area (Å²) in [7, 11) is 0. The first-order valence-corrected chi connectivity index (χ1v) is 30.5. The van der Waals surface area contributed by atoms with Crippen molar-refractivity contribution in [2.24, 2.45) is 0 Å². The van der Waals surface area contributed by atoms with Crippen molar-refractivity contribution in [2.75, 3.05) is 33.0 Å². The number of hydrogen-bond acceptors (Lipinski definition) is 11. The molecule has 11 aromatic rings. The average molecular weight is 1120 g/mol. The topological polar surface area (TPSA) is 155 Å². The first-order chi connectivity index (χ1) is 41.3. The maximum absolute atomic E-state index is 7.06. The largest absolute Gasteiger partial charge is 0.492 e. The summed E-state index contributed by atoms with van der Waals surface area (Å²) in [5.41, 5.74) is 8.24. The van der Waals surface area contributed by atoms with Gasteiger partial charge in [-0.25, -0.2) is 29.9 Å². The molecule has 0 unspecified atom stereocenters. The molecule has 0 saturated heterocycles. The van der Waals surface area contributed by atoms with Gasteiger partial charge in [-0.05, 0) is 85.7 Å². The van der Waals surface area contributed by atoms with Gasteiger partial charge in [0, 0.05) is 43.3 Å². The highest BCUT2D eigenvalue weighted by Gasteiger charge is 2.34. The Morgan fingerprint density at radius 2 is 0.536 bits per heavy atom. The van der Waals surface area contributed by atoms with E-state index in [1.165, 1.54) is 0 Å². The zero-order valence-corrected chi connectivity index (χ0v) is 49.6. The Hall–Kier alpha value is -8.84. The van der Waals surface area contributed by atoms with E-state index in [1.807, 2.05) is 0 Å². The molecule has 13 heteroatoms. The van der Waals surface area contributed by atoms with Gasteiger partial charge in [-0.15, -0.1) is 0 Å². The van der Waals surface area contributed by atoms with E-state index in [0.717, 1.165) is 168 Å². The maximum Gasteiger partial charge on any atom is 0.168 e. The molecule has 13 rings (SSSR count). The van der Waals surface area contributed by atoms with Gasteiger partial charge in [0.25, 0.3) is 0 Å². The lowest BCUT2D eigenvalue weighted by molar-refractivity contribution is 0.308. The highest BCUT2D eigenvalue weighted by Crippen LogP contribution is 2.54. The lowest BCUT2D eigenvalue weighted by atomic mass is 9.94. The molecule has 0 spiro atoms. The summed E-state index contributed by atoms with van der Waals surface area (Å²) in [4.78, 5) is 41.9. The third-order valence-electron chi connectivity index (χ3n) is 16.7. The Bertz CT molecular complexity index is 4580. The number of fused-ring (bicyclic) bond motifs is 24. The van der Waals surface area contributed by atoms with Gasteiger partial charge in [0.05, 0.1) is 60.5 Å². The Kier molecular flexibility index (Phi) is 14.9. The van der Waals surface area contributed by atoms with Gasteiger partial charge in [-0.3, -0.25) is 0 Å². The van der Waals surface area contributed by atoms with Gasteiger partial charge in [0.15, 0.2) is 23.3 Å². The standard InChI is InChI=1S/C71H72N8O5/c1-9-14-35-80-59-46-30-22-19-27-43(46)40(6)51-54(59)67-73-64(51)72-65-52-41(7)44-28-20-23-31-47(44)60(81-36-15-10-2)55(52)68(74-65)77-70-57-58(63(84-39-18-13-5)50-34-26-25-33-49(50)62(57)83-38-17-12-4)71(79-70)78-69-56-53(66(75-67)76-69)42(8)45-29-21-24-32-48(45)61(56)82-37-16-11-3/h19-34H,9-18,35-39H2,1-8H3,(H2,72,73,74,75,76,77,78,79). The first kappa shape index (κ1) is 54.4. The summed E-state index contributed by atoms with van der Waals surface area (Å²) in [6.45, 7) is 19.9. The number of aryl methyl sites for hydroxylation is 3. The summed E-state index contributed by atoms with van der Waals surface area (Å²) < 4.78 is 35.2. The van der Waals surface area contributed by atoms with Crippen LogP contribution in [0.3, 0.4) is 0 Å². The molecule has 0 amide bonds. The van der Waals surface area contributed by atoms with Crippen LogP contribution in [0.5, 0.6) is 28.7 Å². The number of ether oxygens (including phenoxy) is 5. The number of H-pyrrole nitrogens is 2. The van der Waals surface area contributed by atoms with Gasteiger partial charge in [-0.2, -0.15) is 0 Å². The minimum Gasteiger partial charge on any atom is -0.492 e. The number of aromatic nitrogens is 8. The molecular weight excluding hydrogens is 1040 g/mol. The van der Waals surface area contributed by atoms with Gasteiger partial charge < -0.3 is 33.7 Å². The molecule has 0 saturated carbocycles. The summed E-state index contributed by atoms with van der Waals surface area (Å²) in [5.74, 6) is 5.26. The number of hydrogen-bond donors (Lipinski definition) is 2. The molecule has 84 heavy (non-hydrogen) atoms. The van der Waals surface area contributed by atoms with Crippen LogP contribution in [-0.2, 0) is 0 Å². The molecule has 0 radical (unpaired) electrons. The average Bonchev–Trinajstić information content (AvgIpc) is 1.78. The Morgan fingerprint density at radius 3 is 0.869 bits per heavy atom. The van der Waals surface area contributed by atoms with Crippen LogP contribution in [0, 0.1) is 20.8 Å². The van der Waals surface area contributed by atoms with Crippen molar-refractivity contribution >= 4 is 87.2 Å². The molecular formula is C71H72N8O5. The number of nitrogens with zero attached hydrogens (tertiary/aromatic N) is 6. The van der Waals surface area contributed by atoms with Crippen LogP contribution >= 0.6 is 0 Å². The smallest absolute Gasteiger partial charge is 0.168 e. The number of nitrogens with one attached hydrogen (secondary N) is 2. The van der Waals surface area contributed by atoms with Crippen molar-refractivity contribution in [1.82, 2.24) is 39.9 Å². The number of rotatable bonds is 20. The van der Waals surface area contributed by atoms with Crippen LogP contribution < -0.4 is 23.7 Å². The van der Waals surface area contributed by atoms with E-state index >= 15 is 0 Å². The SMILES string of the molecule is CCCCOc1c2c(c(C)c3ccccc13)-c1nc-2nc2[nH]c(nc3nc(nc4[nH]c(n1)c1c(C)c5ccccc5c(OCCCC)c41)-c1c-3c(OCCCC)c3ccccc3c1OCCCC)c1c(OCCCC)c3ccccc3c(C)c21. The minimum absolute atomic E-state index is 0.406. The van der Waals surface area contributed by atoms with E-state index in [0.29, 0.717) is 107 Å². The number of aromatic amines is 2. The van der Waals surface area contributed by atoms with Crippen LogP contribution in [0.25, 0.3) is 133 Å². The Balaban J connectivity index is 1.29. The van der Waals surface area contributed by atoms with Crippen molar-refractivity contribution < 1.29 is 23.7 Å². The monoisotopic (exact) mass is 1120 g/mol. The third-order valence-corrected chi connectivity index (χ3v) is 16.7. The zero-order valence-electron chi connectivity index (χ0n) is 49.6. The van der Waals surface area contributed by atoms with Gasteiger partial charge in [0.1, 0.15) is 51.3 Å². The van der Waals surface area contributed by atoms with Crippen molar-refractivity contribution in [3.05, 3.63) is 114 Å². The predicted molar refractivity (Wildman–Crippen MR) is 342 cm³/mol. The quantitative estimate of drug-likeness (QED) is 0.0701. The summed E-state index contributed by atoms with van der Waals surface area (Å²) in [6.07, 6.45) is 9.10. The van der Waals surface area contributed by atoms with E-state index < -0.39 is 0 Å². The van der Waals surface area contributed by atoms with Crippen LogP contribution in [-0.4, -0.2) is 72.9 Å². The van der Waals surface area contributed by atoms with Crippen molar-refractivity contribution in [3.63, 3.8) is 0 Å². The van der Waals surface area contributed by atoms with E-state index in [9.17, 15) is 0 Å².